The SMILES string of the molecule is O=P(OP(=O)(C(F)(F)C(F)(F)F)C(F)(F)C(F)(F)F)(C(F)(F)C(F)(F)F)C(F)(F)C(F)(F)F. The Labute approximate surface area is 164 Å². The maximum absolute atomic E-state index is 13.2. The summed E-state index contributed by atoms with van der Waals surface area (Å²) in [5.74, 6) is 0. The normalized spacial score (nSPS) is 16.8. The minimum absolute atomic E-state index is 1.22. The molecule has 0 aliphatic rings. The monoisotopic (exact) mass is 586 g/mol. The zero-order valence-corrected chi connectivity index (χ0v) is 15.5. The first-order chi connectivity index (χ1) is 13.7. The number of hydrogen-bond donors (Lipinski definition) is 0. The van der Waals surface area contributed by atoms with Crippen molar-refractivity contribution in [3.63, 3.8) is 0 Å². The van der Waals surface area contributed by atoms with Crippen molar-refractivity contribution in [1.29, 1.82) is 0 Å². The highest BCUT2D eigenvalue weighted by Crippen LogP contribution is 2.89. The second-order valence-corrected chi connectivity index (χ2v) is 10.4. The Morgan fingerprint density at radius 3 is 0.545 bits per heavy atom. The third kappa shape index (κ3) is 4.40. The molecule has 0 heterocycles. The van der Waals surface area contributed by atoms with Gasteiger partial charge >= 0.3 is 62.1 Å². The van der Waals surface area contributed by atoms with Crippen molar-refractivity contribution in [3.05, 3.63) is 0 Å². The van der Waals surface area contributed by atoms with Gasteiger partial charge in [-0.1, -0.05) is 0 Å². The molecule has 0 saturated carbocycles. The van der Waals surface area contributed by atoms with E-state index in [-0.39, 0.29) is 0 Å². The van der Waals surface area contributed by atoms with Crippen LogP contribution in [0.2, 0.25) is 0 Å². The topological polar surface area (TPSA) is 43.4 Å². The van der Waals surface area contributed by atoms with Gasteiger partial charge in [-0.3, -0.25) is 13.4 Å². The summed E-state index contributed by atoms with van der Waals surface area (Å²) in [7, 11) is -20.9. The zero-order chi connectivity index (χ0) is 27.7. The fraction of sp³-hybridized carbons (Fsp3) is 1.00. The summed E-state index contributed by atoms with van der Waals surface area (Å²) in [4.78, 5) is 0. The highest BCUT2D eigenvalue weighted by atomic mass is 31.2. The van der Waals surface area contributed by atoms with Gasteiger partial charge in [-0.25, -0.2) is 0 Å². The van der Waals surface area contributed by atoms with Gasteiger partial charge in [0.1, 0.15) is 0 Å². The van der Waals surface area contributed by atoms with Crippen LogP contribution >= 0.6 is 14.7 Å². The first-order valence-corrected chi connectivity index (χ1v) is 9.65. The van der Waals surface area contributed by atoms with Gasteiger partial charge in [-0.15, -0.1) is 0 Å². The van der Waals surface area contributed by atoms with Gasteiger partial charge in [0.2, 0.25) is 0 Å². The molecular weight excluding hydrogens is 586 g/mol. The fourth-order valence-electron chi connectivity index (χ4n) is 1.39. The maximum atomic E-state index is 13.2. The van der Waals surface area contributed by atoms with E-state index in [4.69, 9.17) is 0 Å². The molecule has 0 atom stereocenters. The summed E-state index contributed by atoms with van der Waals surface area (Å²) in [6, 6.07) is 0. The van der Waals surface area contributed by atoms with Gasteiger partial charge in [-0.05, 0) is 0 Å². The summed E-state index contributed by atoms with van der Waals surface area (Å²) >= 11 is 0. The third-order valence-corrected chi connectivity index (χ3v) is 8.88. The first kappa shape index (κ1) is 32.0. The van der Waals surface area contributed by atoms with Crippen LogP contribution in [0, 0.1) is 0 Å². The fourth-order valence-corrected chi connectivity index (χ4v) is 6.36. The molecule has 0 aromatic heterocycles. The molecular formula is C8F20O3P2. The van der Waals surface area contributed by atoms with Crippen molar-refractivity contribution in [3.8, 4) is 0 Å². The second-order valence-electron chi connectivity index (χ2n) is 5.34. The number of hydrogen-bond acceptors (Lipinski definition) is 3. The molecule has 0 bridgehead atoms. The average molecular weight is 586 g/mol. The summed E-state index contributed by atoms with van der Waals surface area (Å²) < 4.78 is 277. The lowest BCUT2D eigenvalue weighted by Gasteiger charge is -2.40. The van der Waals surface area contributed by atoms with Gasteiger partial charge in [0.15, 0.2) is 0 Å². The molecule has 0 saturated heterocycles. The van der Waals surface area contributed by atoms with E-state index in [1.54, 1.807) is 0 Å². The summed E-state index contributed by atoms with van der Waals surface area (Å²) in [6.07, 6.45) is -32.8. The highest BCUT2D eigenvalue weighted by Gasteiger charge is 2.92. The highest BCUT2D eigenvalue weighted by molar-refractivity contribution is 7.74. The number of rotatable bonds is 6. The Morgan fingerprint density at radius 1 is 0.333 bits per heavy atom. The molecule has 0 rings (SSSR count). The van der Waals surface area contributed by atoms with Crippen molar-refractivity contribution in [2.45, 2.75) is 47.4 Å². The lowest BCUT2D eigenvalue weighted by molar-refractivity contribution is -0.276. The lowest BCUT2D eigenvalue weighted by Crippen LogP contribution is -2.51. The van der Waals surface area contributed by atoms with Crippen molar-refractivity contribution in [2.24, 2.45) is 0 Å². The van der Waals surface area contributed by atoms with Crippen LogP contribution in [-0.2, 0) is 13.4 Å². The molecule has 0 radical (unpaired) electrons. The van der Waals surface area contributed by atoms with E-state index in [2.05, 4.69) is 0 Å². The molecule has 0 N–H and O–H groups in total. The summed E-state index contributed by atoms with van der Waals surface area (Å²) in [5.41, 5.74) is -34.3. The first-order valence-electron chi connectivity index (χ1n) is 6.40. The van der Waals surface area contributed by atoms with Gasteiger partial charge < -0.3 is 0 Å². The van der Waals surface area contributed by atoms with Crippen LogP contribution in [0.5, 0.6) is 0 Å². The van der Waals surface area contributed by atoms with Crippen molar-refractivity contribution in [2.75, 3.05) is 0 Å². The molecule has 0 amide bonds. The van der Waals surface area contributed by atoms with E-state index in [0.717, 1.165) is 0 Å². The van der Waals surface area contributed by atoms with Gasteiger partial charge in [-0.2, -0.15) is 87.8 Å². The van der Waals surface area contributed by atoms with E-state index in [1.165, 1.54) is 4.31 Å². The largest absolute Gasteiger partial charge is 0.463 e. The van der Waals surface area contributed by atoms with E-state index in [1.807, 2.05) is 0 Å². The molecule has 0 fully saturated rings. The number of halogens is 20. The molecule has 0 aromatic carbocycles. The molecule has 0 aliphatic heterocycles. The third-order valence-electron chi connectivity index (χ3n) is 3.07. The average Bonchev–Trinajstić information content (AvgIpc) is 2.49. The van der Waals surface area contributed by atoms with Crippen LogP contribution in [-0.4, -0.2) is 47.4 Å². The van der Waals surface area contributed by atoms with E-state index < -0.39 is 62.1 Å². The standard InChI is InChI=1S/C8F20O3P2/c9-1(10,11)5(21,22)32(29,6(23,24)2(12,13)14)31-33(30,7(25,26)3(15,16)17)8(27,28)4(18,19)20. The Morgan fingerprint density at radius 2 is 0.455 bits per heavy atom. The second kappa shape index (κ2) is 7.76. The predicted octanol–water partition coefficient (Wildman–Crippen LogP) is 8.18. The Kier molecular flexibility index (Phi) is 7.53. The molecule has 0 aliphatic carbocycles. The minimum atomic E-state index is -10.5. The Bertz CT molecular complexity index is 698. The van der Waals surface area contributed by atoms with E-state index in [0.29, 0.717) is 0 Å². The van der Waals surface area contributed by atoms with Crippen LogP contribution < -0.4 is 0 Å². The van der Waals surface area contributed by atoms with Crippen molar-refractivity contribution < 1.29 is 101 Å². The van der Waals surface area contributed by atoms with E-state index >= 15 is 0 Å². The predicted molar refractivity (Wildman–Crippen MR) is 60.3 cm³/mol. The Hall–Kier alpha value is -0.980. The minimum Gasteiger partial charge on any atom is -0.279 e. The van der Waals surface area contributed by atoms with Gasteiger partial charge in [0.05, 0.1) is 0 Å². The summed E-state index contributed by atoms with van der Waals surface area (Å²) in [5, 5.41) is 0. The van der Waals surface area contributed by atoms with E-state index in [9.17, 15) is 96.9 Å². The van der Waals surface area contributed by atoms with Crippen molar-refractivity contribution >= 4 is 14.7 Å². The zero-order valence-electron chi connectivity index (χ0n) is 13.7. The van der Waals surface area contributed by atoms with Crippen LogP contribution in [0.1, 0.15) is 0 Å². The van der Waals surface area contributed by atoms with Crippen LogP contribution in [0.25, 0.3) is 0 Å². The smallest absolute Gasteiger partial charge is 0.279 e. The maximum Gasteiger partial charge on any atom is 0.463 e. The lowest BCUT2D eigenvalue weighted by atomic mass is 10.7. The molecule has 0 spiro atoms. The van der Waals surface area contributed by atoms with Gasteiger partial charge in [0.25, 0.3) is 0 Å². The molecule has 3 nitrogen and oxygen atoms in total. The Balaban J connectivity index is 7.85. The van der Waals surface area contributed by atoms with Gasteiger partial charge in [0, 0.05) is 0 Å². The number of alkyl halides is 20. The molecule has 33 heavy (non-hydrogen) atoms. The van der Waals surface area contributed by atoms with Crippen LogP contribution in [0.4, 0.5) is 87.8 Å². The molecule has 25 heteroatoms. The van der Waals surface area contributed by atoms with Crippen LogP contribution in [0.3, 0.4) is 0 Å². The van der Waals surface area contributed by atoms with Crippen LogP contribution in [0.15, 0.2) is 0 Å². The van der Waals surface area contributed by atoms with Crippen molar-refractivity contribution in [1.82, 2.24) is 0 Å². The quantitative estimate of drug-likeness (QED) is 0.233. The molecule has 0 unspecified atom stereocenters. The molecule has 200 valence electrons. The summed E-state index contributed by atoms with van der Waals surface area (Å²) in [6.45, 7) is 0. The molecule has 0 aromatic rings.